The van der Waals surface area contributed by atoms with Gasteiger partial charge in [-0.15, -0.1) is 0 Å². The highest BCUT2D eigenvalue weighted by Gasteiger charge is 2.15. The van der Waals surface area contributed by atoms with Crippen molar-refractivity contribution in [2.24, 2.45) is 5.73 Å². The third kappa shape index (κ3) is 3.57. The average molecular weight is 248 g/mol. The standard InChI is InChI=1S/C7H12N4O2S2/c1-5-9-4-7(11-5)15(12,13)10-3-2-6(8)14/h4,10H,2-3H2,1H3,(H2,8,14)(H,9,11). The van der Waals surface area contributed by atoms with Gasteiger partial charge in [0.1, 0.15) is 5.82 Å². The number of thiocarbonyl (C=S) groups is 1. The number of aromatic nitrogens is 2. The Balaban J connectivity index is 2.64. The Morgan fingerprint density at radius 3 is 2.87 bits per heavy atom. The fourth-order valence-corrected chi connectivity index (χ4v) is 2.02. The number of aromatic amines is 1. The van der Waals surface area contributed by atoms with E-state index in [0.29, 0.717) is 12.2 Å². The van der Waals surface area contributed by atoms with Crippen molar-refractivity contribution in [3.63, 3.8) is 0 Å². The molecule has 1 aromatic heterocycles. The molecule has 1 heterocycles. The van der Waals surface area contributed by atoms with E-state index in [1.807, 2.05) is 0 Å². The second kappa shape index (κ2) is 4.69. The number of aryl methyl sites for hydroxylation is 1. The highest BCUT2D eigenvalue weighted by molar-refractivity contribution is 7.89. The fourth-order valence-electron chi connectivity index (χ4n) is 0.921. The molecule has 0 saturated carbocycles. The first kappa shape index (κ1) is 12.1. The van der Waals surface area contributed by atoms with E-state index in [2.05, 4.69) is 26.9 Å². The zero-order valence-corrected chi connectivity index (χ0v) is 9.78. The molecular weight excluding hydrogens is 236 g/mol. The van der Waals surface area contributed by atoms with Crippen molar-refractivity contribution >= 4 is 27.2 Å². The summed E-state index contributed by atoms with van der Waals surface area (Å²) in [5, 5.41) is 0.0444. The van der Waals surface area contributed by atoms with Gasteiger partial charge in [0.15, 0.2) is 5.03 Å². The molecule has 0 aliphatic carbocycles. The molecule has 0 spiro atoms. The Morgan fingerprint density at radius 1 is 1.73 bits per heavy atom. The lowest BCUT2D eigenvalue weighted by Crippen LogP contribution is -2.27. The van der Waals surface area contributed by atoms with Crippen molar-refractivity contribution in [1.82, 2.24) is 14.7 Å². The van der Waals surface area contributed by atoms with E-state index >= 15 is 0 Å². The Kier molecular flexibility index (Phi) is 3.77. The quantitative estimate of drug-likeness (QED) is 0.620. The minimum absolute atomic E-state index is 0.0444. The van der Waals surface area contributed by atoms with Gasteiger partial charge in [-0.25, -0.2) is 18.1 Å². The van der Waals surface area contributed by atoms with Crippen LogP contribution in [-0.2, 0) is 10.0 Å². The van der Waals surface area contributed by atoms with Crippen LogP contribution in [0.4, 0.5) is 0 Å². The second-order valence-corrected chi connectivity index (χ2v) is 5.21. The van der Waals surface area contributed by atoms with Gasteiger partial charge in [-0.05, 0) is 6.92 Å². The van der Waals surface area contributed by atoms with Gasteiger partial charge in [-0.1, -0.05) is 12.2 Å². The zero-order valence-electron chi connectivity index (χ0n) is 8.15. The van der Waals surface area contributed by atoms with Crippen LogP contribution in [0.2, 0.25) is 0 Å². The molecule has 4 N–H and O–H groups in total. The molecule has 8 heteroatoms. The largest absolute Gasteiger partial charge is 0.393 e. The van der Waals surface area contributed by atoms with Crippen molar-refractivity contribution in [3.8, 4) is 0 Å². The Labute approximate surface area is 93.3 Å². The van der Waals surface area contributed by atoms with Crippen LogP contribution in [0.1, 0.15) is 12.2 Å². The van der Waals surface area contributed by atoms with Crippen molar-refractivity contribution < 1.29 is 8.42 Å². The normalized spacial score (nSPS) is 11.5. The van der Waals surface area contributed by atoms with Crippen LogP contribution < -0.4 is 10.5 Å². The summed E-state index contributed by atoms with van der Waals surface area (Å²) in [4.78, 5) is 6.71. The predicted octanol–water partition coefficient (Wildman–Crippen LogP) is -0.327. The van der Waals surface area contributed by atoms with Crippen molar-refractivity contribution in [2.75, 3.05) is 6.54 Å². The molecule has 1 rings (SSSR count). The first-order valence-electron chi connectivity index (χ1n) is 4.21. The molecule has 0 fully saturated rings. The molecule has 84 valence electrons. The maximum atomic E-state index is 11.6. The molecule has 15 heavy (non-hydrogen) atoms. The summed E-state index contributed by atoms with van der Waals surface area (Å²) in [6.45, 7) is 1.86. The van der Waals surface area contributed by atoms with E-state index in [1.54, 1.807) is 6.92 Å². The minimum atomic E-state index is -3.52. The summed E-state index contributed by atoms with van der Waals surface area (Å²) in [6.07, 6.45) is 1.60. The van der Waals surface area contributed by atoms with E-state index in [1.165, 1.54) is 6.20 Å². The number of rotatable bonds is 5. The highest BCUT2D eigenvalue weighted by atomic mass is 32.2. The number of nitrogens with one attached hydrogen (secondary N) is 2. The lowest BCUT2D eigenvalue weighted by molar-refractivity contribution is 0.579. The fraction of sp³-hybridized carbons (Fsp3) is 0.429. The lowest BCUT2D eigenvalue weighted by Gasteiger charge is -2.03. The van der Waals surface area contributed by atoms with Crippen LogP contribution in [-0.4, -0.2) is 29.9 Å². The number of imidazole rings is 1. The van der Waals surface area contributed by atoms with Crippen molar-refractivity contribution in [2.45, 2.75) is 18.4 Å². The first-order chi connectivity index (χ1) is 6.92. The number of nitrogens with two attached hydrogens (primary N) is 1. The van der Waals surface area contributed by atoms with Gasteiger partial charge in [0.2, 0.25) is 0 Å². The Bertz CT molecular complexity index is 451. The summed E-state index contributed by atoms with van der Waals surface area (Å²) in [5.74, 6) is 0.546. The summed E-state index contributed by atoms with van der Waals surface area (Å²) in [5.41, 5.74) is 5.24. The second-order valence-electron chi connectivity index (χ2n) is 2.95. The number of nitrogens with zero attached hydrogens (tertiary/aromatic N) is 1. The van der Waals surface area contributed by atoms with E-state index in [9.17, 15) is 8.42 Å². The molecule has 6 nitrogen and oxygen atoms in total. The number of hydrogen-bond donors (Lipinski definition) is 3. The third-order valence-electron chi connectivity index (χ3n) is 1.63. The highest BCUT2D eigenvalue weighted by Crippen LogP contribution is 2.04. The van der Waals surface area contributed by atoms with Crippen LogP contribution in [0, 0.1) is 6.92 Å². The maximum Gasteiger partial charge on any atom is 0.257 e. The van der Waals surface area contributed by atoms with Gasteiger partial charge in [0, 0.05) is 13.0 Å². The SMILES string of the molecule is Cc1ncc(S(=O)(=O)NCCC(N)=S)[nH]1. The first-order valence-corrected chi connectivity index (χ1v) is 6.10. The van der Waals surface area contributed by atoms with E-state index < -0.39 is 10.0 Å². The zero-order chi connectivity index (χ0) is 11.5. The maximum absolute atomic E-state index is 11.6. The molecule has 0 bridgehead atoms. The molecule has 1 aromatic rings. The molecule has 0 radical (unpaired) electrons. The van der Waals surface area contributed by atoms with E-state index in [4.69, 9.17) is 5.73 Å². The van der Waals surface area contributed by atoms with Crippen LogP contribution in [0.15, 0.2) is 11.2 Å². The summed E-state index contributed by atoms with van der Waals surface area (Å²) >= 11 is 4.63. The molecule has 0 saturated heterocycles. The number of H-pyrrole nitrogens is 1. The smallest absolute Gasteiger partial charge is 0.257 e. The van der Waals surface area contributed by atoms with Crippen LogP contribution in [0.5, 0.6) is 0 Å². The predicted molar refractivity (Wildman–Crippen MR) is 59.9 cm³/mol. The van der Waals surface area contributed by atoms with Crippen molar-refractivity contribution in [1.29, 1.82) is 0 Å². The lowest BCUT2D eigenvalue weighted by atomic mass is 10.4. The topological polar surface area (TPSA) is 101 Å². The molecule has 0 amide bonds. The minimum Gasteiger partial charge on any atom is -0.393 e. The Hall–Kier alpha value is -0.990. The monoisotopic (exact) mass is 248 g/mol. The molecule has 0 aliphatic rings. The third-order valence-corrected chi connectivity index (χ3v) is 3.21. The summed E-state index contributed by atoms with van der Waals surface area (Å²) < 4.78 is 25.5. The van der Waals surface area contributed by atoms with Gasteiger partial charge in [0.25, 0.3) is 10.0 Å². The molecular formula is C7H12N4O2S2. The van der Waals surface area contributed by atoms with Gasteiger partial charge < -0.3 is 10.7 Å². The van der Waals surface area contributed by atoms with Gasteiger partial charge in [-0.2, -0.15) is 0 Å². The molecule has 0 atom stereocenters. The Morgan fingerprint density at radius 2 is 2.40 bits per heavy atom. The summed E-state index contributed by atoms with van der Waals surface area (Å²) in [6, 6.07) is 0. The van der Waals surface area contributed by atoms with Gasteiger partial charge >= 0.3 is 0 Å². The molecule has 0 unspecified atom stereocenters. The average Bonchev–Trinajstić information content (AvgIpc) is 2.51. The molecule has 0 aromatic carbocycles. The van der Waals surface area contributed by atoms with Gasteiger partial charge in [0.05, 0.1) is 11.2 Å². The van der Waals surface area contributed by atoms with Crippen LogP contribution >= 0.6 is 12.2 Å². The summed E-state index contributed by atoms with van der Waals surface area (Å²) in [7, 11) is -3.52. The van der Waals surface area contributed by atoms with E-state index in [0.717, 1.165) is 0 Å². The van der Waals surface area contributed by atoms with E-state index in [-0.39, 0.29) is 16.6 Å². The van der Waals surface area contributed by atoms with Crippen molar-refractivity contribution in [3.05, 3.63) is 12.0 Å². The van der Waals surface area contributed by atoms with Crippen LogP contribution in [0.25, 0.3) is 0 Å². The number of hydrogen-bond acceptors (Lipinski definition) is 4. The van der Waals surface area contributed by atoms with Gasteiger partial charge in [-0.3, -0.25) is 0 Å². The molecule has 0 aliphatic heterocycles. The van der Waals surface area contributed by atoms with Crippen LogP contribution in [0.3, 0.4) is 0 Å². The number of sulfonamides is 1.